The van der Waals surface area contributed by atoms with Crippen molar-refractivity contribution >= 4 is 24.0 Å². The third-order valence-electron chi connectivity index (χ3n) is 4.75. The lowest BCUT2D eigenvalue weighted by Gasteiger charge is -2.24. The Bertz CT molecular complexity index is 509. The van der Waals surface area contributed by atoms with Gasteiger partial charge in [0.25, 0.3) is 0 Å². The predicted molar refractivity (Wildman–Crippen MR) is 95.4 cm³/mol. The monoisotopic (exact) mass is 338 g/mol. The van der Waals surface area contributed by atoms with Crippen molar-refractivity contribution in [1.29, 1.82) is 0 Å². The van der Waals surface area contributed by atoms with Crippen LogP contribution in [0.25, 0.3) is 0 Å². The fourth-order valence-corrected chi connectivity index (χ4v) is 3.63. The molecule has 1 saturated carbocycles. The van der Waals surface area contributed by atoms with Crippen LogP contribution in [-0.2, 0) is 4.79 Å². The standard InChI is InChI=1S/C18H26N2O2.ClH/c1-2-10-22-15-8-5-7-14(12-15)19-18(21)17-11-13-6-3-4-9-16(13)20-17;/h5,7-8,12-13,16-17,20H,2-4,6,9-11H2,1H3,(H,19,21);1H. The van der Waals surface area contributed by atoms with E-state index in [1.807, 2.05) is 24.3 Å². The van der Waals surface area contributed by atoms with E-state index in [0.717, 1.165) is 24.3 Å². The molecule has 2 N–H and O–H groups in total. The Labute approximate surface area is 144 Å². The van der Waals surface area contributed by atoms with E-state index in [4.69, 9.17) is 4.74 Å². The van der Waals surface area contributed by atoms with E-state index < -0.39 is 0 Å². The predicted octanol–water partition coefficient (Wildman–Crippen LogP) is 3.76. The van der Waals surface area contributed by atoms with Crippen LogP contribution in [0.5, 0.6) is 5.75 Å². The number of amides is 1. The topological polar surface area (TPSA) is 50.4 Å². The van der Waals surface area contributed by atoms with Gasteiger partial charge in [0.15, 0.2) is 0 Å². The zero-order chi connectivity index (χ0) is 15.4. The molecular formula is C18H27ClN2O2. The maximum atomic E-state index is 12.5. The highest BCUT2D eigenvalue weighted by atomic mass is 35.5. The number of ether oxygens (including phenoxy) is 1. The first-order valence-corrected chi connectivity index (χ1v) is 8.56. The molecule has 0 radical (unpaired) electrons. The zero-order valence-corrected chi connectivity index (χ0v) is 14.5. The van der Waals surface area contributed by atoms with Gasteiger partial charge in [-0.2, -0.15) is 0 Å². The Morgan fingerprint density at radius 3 is 2.96 bits per heavy atom. The van der Waals surface area contributed by atoms with Gasteiger partial charge in [0.2, 0.25) is 5.91 Å². The minimum absolute atomic E-state index is 0. The van der Waals surface area contributed by atoms with Crippen LogP contribution in [-0.4, -0.2) is 24.6 Å². The average molecular weight is 339 g/mol. The van der Waals surface area contributed by atoms with Gasteiger partial charge in [0.1, 0.15) is 5.75 Å². The lowest BCUT2D eigenvalue weighted by molar-refractivity contribution is -0.117. The SMILES string of the molecule is CCCOc1cccc(NC(=O)C2CC3CCCCC3N2)c1.Cl. The van der Waals surface area contributed by atoms with Crippen molar-refractivity contribution < 1.29 is 9.53 Å². The molecule has 3 rings (SSSR count). The minimum Gasteiger partial charge on any atom is -0.494 e. The molecule has 1 heterocycles. The Hall–Kier alpha value is -1.26. The molecule has 0 bridgehead atoms. The normalized spacial score (nSPS) is 26.0. The highest BCUT2D eigenvalue weighted by Crippen LogP contribution is 2.33. The van der Waals surface area contributed by atoms with Crippen molar-refractivity contribution in [2.45, 2.75) is 57.5 Å². The van der Waals surface area contributed by atoms with E-state index >= 15 is 0 Å². The molecule has 1 amide bonds. The summed E-state index contributed by atoms with van der Waals surface area (Å²) < 4.78 is 5.61. The fourth-order valence-electron chi connectivity index (χ4n) is 3.63. The lowest BCUT2D eigenvalue weighted by Crippen LogP contribution is -2.39. The first kappa shape index (κ1) is 18.1. The van der Waals surface area contributed by atoms with Crippen LogP contribution in [0.2, 0.25) is 0 Å². The quantitative estimate of drug-likeness (QED) is 0.859. The van der Waals surface area contributed by atoms with Crippen LogP contribution in [0.1, 0.15) is 45.4 Å². The maximum Gasteiger partial charge on any atom is 0.241 e. The number of carbonyl (C=O) groups is 1. The molecule has 0 aromatic heterocycles. The second-order valence-corrected chi connectivity index (χ2v) is 6.47. The van der Waals surface area contributed by atoms with Crippen molar-refractivity contribution in [2.24, 2.45) is 5.92 Å². The van der Waals surface area contributed by atoms with E-state index in [-0.39, 0.29) is 24.4 Å². The van der Waals surface area contributed by atoms with E-state index in [2.05, 4.69) is 17.6 Å². The molecule has 3 atom stereocenters. The Balaban J connectivity index is 0.00000192. The van der Waals surface area contributed by atoms with Crippen molar-refractivity contribution in [3.8, 4) is 5.75 Å². The van der Waals surface area contributed by atoms with Crippen LogP contribution >= 0.6 is 12.4 Å². The maximum absolute atomic E-state index is 12.5. The third kappa shape index (κ3) is 4.61. The summed E-state index contributed by atoms with van der Waals surface area (Å²) in [5.41, 5.74) is 0.815. The van der Waals surface area contributed by atoms with E-state index in [9.17, 15) is 4.79 Å². The van der Waals surface area contributed by atoms with E-state index in [0.29, 0.717) is 18.6 Å². The summed E-state index contributed by atoms with van der Waals surface area (Å²) >= 11 is 0. The van der Waals surface area contributed by atoms with Gasteiger partial charge in [-0.1, -0.05) is 25.8 Å². The smallest absolute Gasteiger partial charge is 0.241 e. The molecular weight excluding hydrogens is 312 g/mol. The Morgan fingerprint density at radius 2 is 2.17 bits per heavy atom. The molecule has 1 aliphatic carbocycles. The van der Waals surface area contributed by atoms with Gasteiger partial charge in [0, 0.05) is 17.8 Å². The van der Waals surface area contributed by atoms with Gasteiger partial charge >= 0.3 is 0 Å². The summed E-state index contributed by atoms with van der Waals surface area (Å²) in [4.78, 5) is 12.5. The molecule has 2 fully saturated rings. The van der Waals surface area contributed by atoms with Crippen molar-refractivity contribution in [3.63, 3.8) is 0 Å². The molecule has 1 aromatic carbocycles. The van der Waals surface area contributed by atoms with Gasteiger partial charge in [-0.25, -0.2) is 0 Å². The first-order chi connectivity index (χ1) is 10.8. The molecule has 1 aromatic rings. The Morgan fingerprint density at radius 1 is 1.35 bits per heavy atom. The van der Waals surface area contributed by atoms with Gasteiger partial charge in [-0.05, 0) is 43.7 Å². The van der Waals surface area contributed by atoms with Crippen LogP contribution < -0.4 is 15.4 Å². The summed E-state index contributed by atoms with van der Waals surface area (Å²) in [6.07, 6.45) is 7.04. The molecule has 23 heavy (non-hydrogen) atoms. The number of fused-ring (bicyclic) bond motifs is 1. The van der Waals surface area contributed by atoms with Crippen LogP contribution in [0.4, 0.5) is 5.69 Å². The molecule has 1 saturated heterocycles. The number of benzene rings is 1. The number of rotatable bonds is 5. The second kappa shape index (κ2) is 8.55. The van der Waals surface area contributed by atoms with Crippen LogP contribution in [0.15, 0.2) is 24.3 Å². The first-order valence-electron chi connectivity index (χ1n) is 8.56. The van der Waals surface area contributed by atoms with Crippen molar-refractivity contribution in [3.05, 3.63) is 24.3 Å². The minimum atomic E-state index is -0.0479. The van der Waals surface area contributed by atoms with Gasteiger partial charge < -0.3 is 15.4 Å². The fraction of sp³-hybridized carbons (Fsp3) is 0.611. The lowest BCUT2D eigenvalue weighted by atomic mass is 9.85. The highest BCUT2D eigenvalue weighted by Gasteiger charge is 2.38. The van der Waals surface area contributed by atoms with E-state index in [1.165, 1.54) is 25.7 Å². The summed E-state index contributed by atoms with van der Waals surface area (Å²) in [6, 6.07) is 8.15. The highest BCUT2D eigenvalue weighted by molar-refractivity contribution is 5.95. The number of carbonyl (C=O) groups excluding carboxylic acids is 1. The molecule has 4 nitrogen and oxygen atoms in total. The molecule has 1 aliphatic heterocycles. The van der Waals surface area contributed by atoms with Crippen molar-refractivity contribution in [1.82, 2.24) is 5.32 Å². The molecule has 128 valence electrons. The van der Waals surface area contributed by atoms with Crippen molar-refractivity contribution in [2.75, 3.05) is 11.9 Å². The van der Waals surface area contributed by atoms with Gasteiger partial charge in [0.05, 0.1) is 12.6 Å². The number of hydrogen-bond acceptors (Lipinski definition) is 3. The average Bonchev–Trinajstić information content (AvgIpc) is 2.97. The summed E-state index contributed by atoms with van der Waals surface area (Å²) in [7, 11) is 0. The molecule has 0 spiro atoms. The third-order valence-corrected chi connectivity index (χ3v) is 4.75. The van der Waals surface area contributed by atoms with Gasteiger partial charge in [-0.3, -0.25) is 4.79 Å². The summed E-state index contributed by atoms with van der Waals surface area (Å²) in [6.45, 7) is 2.78. The summed E-state index contributed by atoms with van der Waals surface area (Å²) in [5.74, 6) is 1.58. The van der Waals surface area contributed by atoms with E-state index in [1.54, 1.807) is 0 Å². The van der Waals surface area contributed by atoms with Crippen LogP contribution in [0.3, 0.4) is 0 Å². The largest absolute Gasteiger partial charge is 0.494 e. The second-order valence-electron chi connectivity index (χ2n) is 6.47. The Kier molecular flexibility index (Phi) is 6.72. The summed E-state index contributed by atoms with van der Waals surface area (Å²) in [5, 5.41) is 6.55. The number of anilines is 1. The van der Waals surface area contributed by atoms with Gasteiger partial charge in [-0.15, -0.1) is 12.4 Å². The van der Waals surface area contributed by atoms with Crippen LogP contribution in [0, 0.1) is 5.92 Å². The zero-order valence-electron chi connectivity index (χ0n) is 13.7. The molecule has 3 unspecified atom stereocenters. The molecule has 2 aliphatic rings. The number of hydrogen-bond donors (Lipinski definition) is 2. The number of halogens is 1. The molecule has 5 heteroatoms. The number of nitrogens with one attached hydrogen (secondary N) is 2.